The number of carbonyl (C=O) groups excluding carboxylic acids is 1. The molecule has 1 N–H and O–H groups in total. The van der Waals surface area contributed by atoms with Crippen LogP contribution in [0.2, 0.25) is 0 Å². The molecule has 1 aliphatic rings. The van der Waals surface area contributed by atoms with Crippen LogP contribution >= 0.6 is 0 Å². The number of carboxylic acids is 1. The van der Waals surface area contributed by atoms with E-state index in [1.54, 1.807) is 12.1 Å². The summed E-state index contributed by atoms with van der Waals surface area (Å²) in [6.45, 7) is -0.0261. The van der Waals surface area contributed by atoms with Crippen LogP contribution in [0.4, 0.5) is 10.7 Å². The molecule has 0 radical (unpaired) electrons. The molecule has 1 aliphatic heterocycles. The zero-order valence-corrected chi connectivity index (χ0v) is 7.04. The van der Waals surface area contributed by atoms with E-state index in [1.165, 1.54) is 6.26 Å². The van der Waals surface area contributed by atoms with Gasteiger partial charge < -0.3 is 14.3 Å². The molecular formula is C8H7NO5. The maximum Gasteiger partial charge on any atom is 0.417 e. The van der Waals surface area contributed by atoms with Gasteiger partial charge in [-0.15, -0.1) is 0 Å². The van der Waals surface area contributed by atoms with Gasteiger partial charge in [-0.05, 0) is 6.07 Å². The third-order valence-electron chi connectivity index (χ3n) is 1.86. The second kappa shape index (κ2) is 3.06. The highest BCUT2D eigenvalue weighted by atomic mass is 16.6. The van der Waals surface area contributed by atoms with Crippen LogP contribution in [0.25, 0.3) is 0 Å². The van der Waals surface area contributed by atoms with E-state index in [1.807, 2.05) is 0 Å². The normalized spacial score (nSPS) is 21.0. The SMILES string of the molecule is O=C(O)[C@H]1CN(c2ccco2)C(=O)O1. The van der Waals surface area contributed by atoms with Crippen LogP contribution in [0.15, 0.2) is 22.8 Å². The molecule has 2 rings (SSSR count). The zero-order chi connectivity index (χ0) is 10.1. The van der Waals surface area contributed by atoms with Gasteiger partial charge in [-0.2, -0.15) is 0 Å². The predicted octanol–water partition coefficient (Wildman–Crippen LogP) is 0.689. The van der Waals surface area contributed by atoms with Crippen molar-refractivity contribution >= 4 is 17.9 Å². The number of aliphatic carboxylic acids is 1. The number of cyclic esters (lactones) is 1. The first-order valence-corrected chi connectivity index (χ1v) is 3.93. The summed E-state index contributed by atoms with van der Waals surface area (Å²) in [6, 6.07) is 3.17. The van der Waals surface area contributed by atoms with E-state index in [0.29, 0.717) is 5.88 Å². The standard InChI is InChI=1S/C8H7NO5/c10-7(11)5-4-9(8(12)14-5)6-2-1-3-13-6/h1-3,5H,4H2,(H,10,11)/t5-/m1/s1. The van der Waals surface area contributed by atoms with E-state index in [2.05, 4.69) is 4.74 Å². The Bertz CT molecular complexity index is 358. The molecule has 0 unspecified atom stereocenters. The zero-order valence-electron chi connectivity index (χ0n) is 7.04. The molecule has 6 heteroatoms. The van der Waals surface area contributed by atoms with Crippen LogP contribution in [-0.4, -0.2) is 29.8 Å². The number of amides is 1. The largest absolute Gasteiger partial charge is 0.478 e. The Hall–Kier alpha value is -1.98. The summed E-state index contributed by atoms with van der Waals surface area (Å²) in [7, 11) is 0. The molecule has 1 saturated heterocycles. The average Bonchev–Trinajstić information content (AvgIpc) is 2.71. The van der Waals surface area contributed by atoms with Crippen molar-refractivity contribution < 1.29 is 23.8 Å². The lowest BCUT2D eigenvalue weighted by molar-refractivity contribution is -0.144. The summed E-state index contributed by atoms with van der Waals surface area (Å²) >= 11 is 0. The number of nitrogens with zero attached hydrogens (tertiary/aromatic N) is 1. The van der Waals surface area contributed by atoms with Crippen LogP contribution in [-0.2, 0) is 9.53 Å². The lowest BCUT2D eigenvalue weighted by atomic mass is 10.3. The number of furan rings is 1. The summed E-state index contributed by atoms with van der Waals surface area (Å²) in [5.74, 6) is -0.869. The maximum absolute atomic E-state index is 11.2. The molecule has 1 amide bonds. The summed E-state index contributed by atoms with van der Waals surface area (Å²) in [6.07, 6.45) is -0.420. The van der Waals surface area contributed by atoms with Crippen LogP contribution in [0.5, 0.6) is 0 Å². The molecule has 2 heterocycles. The van der Waals surface area contributed by atoms with E-state index >= 15 is 0 Å². The van der Waals surface area contributed by atoms with Gasteiger partial charge >= 0.3 is 12.1 Å². The second-order valence-electron chi connectivity index (χ2n) is 2.77. The van der Waals surface area contributed by atoms with E-state index in [4.69, 9.17) is 9.52 Å². The number of carbonyl (C=O) groups is 2. The minimum atomic E-state index is -1.16. The van der Waals surface area contributed by atoms with Gasteiger partial charge in [-0.25, -0.2) is 14.5 Å². The van der Waals surface area contributed by atoms with Crippen LogP contribution < -0.4 is 4.90 Å². The van der Waals surface area contributed by atoms with Gasteiger partial charge in [0, 0.05) is 6.07 Å². The van der Waals surface area contributed by atoms with Gasteiger partial charge in [0.15, 0.2) is 0 Å². The molecule has 1 aromatic rings. The molecule has 0 aromatic carbocycles. The lowest BCUT2D eigenvalue weighted by Crippen LogP contribution is -2.27. The van der Waals surface area contributed by atoms with Crippen molar-refractivity contribution in [3.05, 3.63) is 18.4 Å². The van der Waals surface area contributed by atoms with Gasteiger partial charge in [0.2, 0.25) is 12.0 Å². The third-order valence-corrected chi connectivity index (χ3v) is 1.86. The van der Waals surface area contributed by atoms with Gasteiger partial charge in [0.05, 0.1) is 12.8 Å². The second-order valence-corrected chi connectivity index (χ2v) is 2.77. The summed E-state index contributed by atoms with van der Waals surface area (Å²) in [5, 5.41) is 8.61. The Kier molecular flexibility index (Phi) is 1.88. The monoisotopic (exact) mass is 197 g/mol. The van der Waals surface area contributed by atoms with Crippen molar-refractivity contribution in [3.63, 3.8) is 0 Å². The highest BCUT2D eigenvalue weighted by molar-refractivity contribution is 5.92. The Balaban J connectivity index is 2.16. The summed E-state index contributed by atoms with van der Waals surface area (Å²) in [4.78, 5) is 22.8. The Morgan fingerprint density at radius 1 is 1.64 bits per heavy atom. The minimum Gasteiger partial charge on any atom is -0.478 e. The number of ether oxygens (including phenoxy) is 1. The Labute approximate surface area is 78.7 Å². The fourth-order valence-electron chi connectivity index (χ4n) is 1.19. The fraction of sp³-hybridized carbons (Fsp3) is 0.250. The molecule has 1 fully saturated rings. The smallest absolute Gasteiger partial charge is 0.417 e. The van der Waals surface area contributed by atoms with E-state index < -0.39 is 18.2 Å². The highest BCUT2D eigenvalue weighted by Gasteiger charge is 2.38. The summed E-state index contributed by atoms with van der Waals surface area (Å²) < 4.78 is 9.53. The molecule has 0 aliphatic carbocycles. The van der Waals surface area contributed by atoms with Crippen molar-refractivity contribution in [2.24, 2.45) is 0 Å². The van der Waals surface area contributed by atoms with Crippen LogP contribution in [0.1, 0.15) is 0 Å². The van der Waals surface area contributed by atoms with Gasteiger partial charge in [-0.3, -0.25) is 0 Å². The molecule has 0 spiro atoms. The number of hydrogen-bond acceptors (Lipinski definition) is 4. The minimum absolute atomic E-state index is 0.0261. The highest BCUT2D eigenvalue weighted by Crippen LogP contribution is 2.21. The van der Waals surface area contributed by atoms with E-state index in [-0.39, 0.29) is 6.54 Å². The maximum atomic E-state index is 11.2. The fourth-order valence-corrected chi connectivity index (χ4v) is 1.19. The predicted molar refractivity (Wildman–Crippen MR) is 44.0 cm³/mol. The van der Waals surface area contributed by atoms with Crippen molar-refractivity contribution in [3.8, 4) is 0 Å². The van der Waals surface area contributed by atoms with Crippen molar-refractivity contribution in [1.29, 1.82) is 0 Å². The van der Waals surface area contributed by atoms with Crippen molar-refractivity contribution in [1.82, 2.24) is 0 Å². The Morgan fingerprint density at radius 2 is 2.43 bits per heavy atom. The number of anilines is 1. The first-order chi connectivity index (χ1) is 6.68. The molecular weight excluding hydrogens is 190 g/mol. The number of hydrogen-bond donors (Lipinski definition) is 1. The molecule has 0 saturated carbocycles. The topological polar surface area (TPSA) is 80.0 Å². The molecule has 74 valence electrons. The van der Waals surface area contributed by atoms with Crippen LogP contribution in [0.3, 0.4) is 0 Å². The van der Waals surface area contributed by atoms with Crippen molar-refractivity contribution in [2.45, 2.75) is 6.10 Å². The van der Waals surface area contributed by atoms with Crippen molar-refractivity contribution in [2.75, 3.05) is 11.4 Å². The lowest BCUT2D eigenvalue weighted by Gasteiger charge is -2.06. The third kappa shape index (κ3) is 1.30. The molecule has 1 atom stereocenters. The number of carboxylic acid groups (broad SMARTS) is 1. The van der Waals surface area contributed by atoms with Gasteiger partial charge in [0.25, 0.3) is 0 Å². The quantitative estimate of drug-likeness (QED) is 0.754. The first-order valence-electron chi connectivity index (χ1n) is 3.93. The molecule has 14 heavy (non-hydrogen) atoms. The molecule has 6 nitrogen and oxygen atoms in total. The first kappa shape index (κ1) is 8.61. The van der Waals surface area contributed by atoms with Gasteiger partial charge in [0.1, 0.15) is 0 Å². The van der Waals surface area contributed by atoms with Gasteiger partial charge in [-0.1, -0.05) is 0 Å². The van der Waals surface area contributed by atoms with E-state index in [0.717, 1.165) is 4.90 Å². The summed E-state index contributed by atoms with van der Waals surface area (Å²) in [5.41, 5.74) is 0. The van der Waals surface area contributed by atoms with Crippen LogP contribution in [0, 0.1) is 0 Å². The van der Waals surface area contributed by atoms with E-state index in [9.17, 15) is 9.59 Å². The Morgan fingerprint density at radius 3 is 2.93 bits per heavy atom. The average molecular weight is 197 g/mol. The molecule has 0 bridgehead atoms. The molecule has 1 aromatic heterocycles. The number of rotatable bonds is 2.